The molecule has 2 atom stereocenters. The van der Waals surface area contributed by atoms with E-state index in [-0.39, 0.29) is 11.7 Å². The first-order valence-electron chi connectivity index (χ1n) is 8.69. The summed E-state index contributed by atoms with van der Waals surface area (Å²) in [5, 5.41) is 10.9. The van der Waals surface area contributed by atoms with Crippen molar-refractivity contribution in [2.24, 2.45) is 11.8 Å². The second-order valence-electron chi connectivity index (χ2n) is 7.14. The Hall–Kier alpha value is -0.120. The molecule has 0 aromatic heterocycles. The average molecular weight is 282 g/mol. The first-order valence-corrected chi connectivity index (χ1v) is 8.69. The standard InChI is InChI=1S/C17H30O3/c18-16(14-5-3-1-2-4-6-14)15-7-10-20-17(13-15)8-11-19-12-9-17/h14-16,18H,1-13H2. The quantitative estimate of drug-likeness (QED) is 0.790. The lowest BCUT2D eigenvalue weighted by Crippen LogP contribution is -2.47. The van der Waals surface area contributed by atoms with Gasteiger partial charge in [-0.25, -0.2) is 0 Å². The number of aliphatic hydroxyl groups is 1. The molecule has 20 heavy (non-hydrogen) atoms. The Balaban J connectivity index is 1.60. The predicted molar refractivity (Wildman–Crippen MR) is 78.7 cm³/mol. The highest BCUT2D eigenvalue weighted by Gasteiger charge is 2.42. The summed E-state index contributed by atoms with van der Waals surface area (Å²) < 4.78 is 11.6. The molecule has 2 aliphatic heterocycles. The highest BCUT2D eigenvalue weighted by molar-refractivity contribution is 4.92. The van der Waals surface area contributed by atoms with Crippen LogP contribution in [0.3, 0.4) is 0 Å². The van der Waals surface area contributed by atoms with E-state index in [1.807, 2.05) is 0 Å². The molecule has 3 heteroatoms. The van der Waals surface area contributed by atoms with E-state index in [4.69, 9.17) is 9.47 Å². The Morgan fingerprint density at radius 3 is 2.25 bits per heavy atom. The van der Waals surface area contributed by atoms with Gasteiger partial charge in [-0.15, -0.1) is 0 Å². The van der Waals surface area contributed by atoms with E-state index in [1.165, 1.54) is 38.5 Å². The van der Waals surface area contributed by atoms with Crippen LogP contribution in [-0.2, 0) is 9.47 Å². The van der Waals surface area contributed by atoms with E-state index in [0.717, 1.165) is 45.5 Å². The van der Waals surface area contributed by atoms with Crippen LogP contribution in [0.15, 0.2) is 0 Å². The van der Waals surface area contributed by atoms with Gasteiger partial charge in [-0.2, -0.15) is 0 Å². The fourth-order valence-electron chi connectivity index (χ4n) is 4.49. The number of aliphatic hydroxyl groups excluding tert-OH is 1. The topological polar surface area (TPSA) is 38.7 Å². The zero-order valence-corrected chi connectivity index (χ0v) is 12.7. The molecule has 1 N–H and O–H groups in total. The van der Waals surface area contributed by atoms with Crippen LogP contribution in [0, 0.1) is 11.8 Å². The van der Waals surface area contributed by atoms with Crippen molar-refractivity contribution in [2.45, 2.75) is 75.9 Å². The summed E-state index contributed by atoms with van der Waals surface area (Å²) in [5.41, 5.74) is 0.0207. The zero-order valence-electron chi connectivity index (χ0n) is 12.7. The smallest absolute Gasteiger partial charge is 0.0730 e. The van der Waals surface area contributed by atoms with Crippen LogP contribution in [0.1, 0.15) is 64.2 Å². The van der Waals surface area contributed by atoms with Gasteiger partial charge in [-0.05, 0) is 50.4 Å². The Labute approximate surface area is 123 Å². The fraction of sp³-hybridized carbons (Fsp3) is 1.00. The van der Waals surface area contributed by atoms with E-state index in [0.29, 0.717) is 11.8 Å². The number of ether oxygens (including phenoxy) is 2. The largest absolute Gasteiger partial charge is 0.393 e. The van der Waals surface area contributed by atoms with E-state index in [2.05, 4.69) is 0 Å². The molecule has 0 aromatic rings. The summed E-state index contributed by atoms with van der Waals surface area (Å²) in [6.07, 6.45) is 11.8. The predicted octanol–water partition coefficient (Wildman–Crippen LogP) is 3.29. The Morgan fingerprint density at radius 1 is 0.850 bits per heavy atom. The van der Waals surface area contributed by atoms with Gasteiger partial charge in [-0.1, -0.05) is 25.7 Å². The van der Waals surface area contributed by atoms with Crippen LogP contribution >= 0.6 is 0 Å². The summed E-state index contributed by atoms with van der Waals surface area (Å²) >= 11 is 0. The molecule has 3 nitrogen and oxygen atoms in total. The molecule has 3 fully saturated rings. The summed E-state index contributed by atoms with van der Waals surface area (Å²) in [5.74, 6) is 0.988. The normalized spacial score (nSPS) is 33.8. The van der Waals surface area contributed by atoms with Crippen LogP contribution in [0.4, 0.5) is 0 Å². The molecule has 0 radical (unpaired) electrons. The van der Waals surface area contributed by atoms with Crippen LogP contribution in [0.5, 0.6) is 0 Å². The van der Waals surface area contributed by atoms with E-state index in [9.17, 15) is 5.11 Å². The SMILES string of the molecule is OC(C1CCCCCC1)C1CCOC2(CCOCC2)C1. The lowest BCUT2D eigenvalue weighted by Gasteiger charge is -2.45. The second-order valence-corrected chi connectivity index (χ2v) is 7.14. The van der Waals surface area contributed by atoms with Crippen LogP contribution in [0.25, 0.3) is 0 Å². The third-order valence-corrected chi connectivity index (χ3v) is 5.80. The van der Waals surface area contributed by atoms with Gasteiger partial charge in [0.2, 0.25) is 0 Å². The molecule has 2 unspecified atom stereocenters. The lowest BCUT2D eigenvalue weighted by atomic mass is 9.74. The van der Waals surface area contributed by atoms with Gasteiger partial charge in [0.25, 0.3) is 0 Å². The van der Waals surface area contributed by atoms with Crippen molar-refractivity contribution in [2.75, 3.05) is 19.8 Å². The fourth-order valence-corrected chi connectivity index (χ4v) is 4.49. The first kappa shape index (κ1) is 14.8. The minimum atomic E-state index is -0.100. The molecule has 1 aliphatic carbocycles. The van der Waals surface area contributed by atoms with Gasteiger partial charge in [0.15, 0.2) is 0 Å². The van der Waals surface area contributed by atoms with Gasteiger partial charge >= 0.3 is 0 Å². The molecule has 0 bridgehead atoms. The van der Waals surface area contributed by atoms with Gasteiger partial charge in [0.05, 0.1) is 11.7 Å². The number of hydrogen-bond acceptors (Lipinski definition) is 3. The summed E-state index contributed by atoms with van der Waals surface area (Å²) in [4.78, 5) is 0. The molecule has 3 rings (SSSR count). The van der Waals surface area contributed by atoms with Crippen molar-refractivity contribution >= 4 is 0 Å². The van der Waals surface area contributed by atoms with Crippen molar-refractivity contribution in [3.05, 3.63) is 0 Å². The average Bonchev–Trinajstić information content (AvgIpc) is 2.76. The van der Waals surface area contributed by atoms with Crippen molar-refractivity contribution in [3.63, 3.8) is 0 Å². The minimum Gasteiger partial charge on any atom is -0.393 e. The van der Waals surface area contributed by atoms with Crippen LogP contribution in [0.2, 0.25) is 0 Å². The first-order chi connectivity index (χ1) is 9.79. The lowest BCUT2D eigenvalue weighted by molar-refractivity contribution is -0.162. The van der Waals surface area contributed by atoms with Crippen molar-refractivity contribution in [3.8, 4) is 0 Å². The summed E-state index contributed by atoms with van der Waals surface area (Å²) in [6.45, 7) is 2.48. The second kappa shape index (κ2) is 6.76. The van der Waals surface area contributed by atoms with Crippen molar-refractivity contribution in [1.82, 2.24) is 0 Å². The molecule has 2 saturated heterocycles. The van der Waals surface area contributed by atoms with E-state index >= 15 is 0 Å². The van der Waals surface area contributed by atoms with Gasteiger partial charge in [0, 0.05) is 19.8 Å². The molecule has 2 heterocycles. The Morgan fingerprint density at radius 2 is 1.55 bits per heavy atom. The molecule has 0 aromatic carbocycles. The number of rotatable bonds is 2. The van der Waals surface area contributed by atoms with Crippen LogP contribution < -0.4 is 0 Å². The molecular weight excluding hydrogens is 252 g/mol. The Bertz CT molecular complexity index is 285. The highest BCUT2D eigenvalue weighted by atomic mass is 16.5. The maximum atomic E-state index is 10.9. The minimum absolute atomic E-state index is 0.0207. The van der Waals surface area contributed by atoms with Crippen molar-refractivity contribution in [1.29, 1.82) is 0 Å². The highest BCUT2D eigenvalue weighted by Crippen LogP contribution is 2.41. The van der Waals surface area contributed by atoms with Crippen LogP contribution in [-0.4, -0.2) is 36.6 Å². The molecule has 116 valence electrons. The molecule has 1 saturated carbocycles. The maximum absolute atomic E-state index is 10.9. The van der Waals surface area contributed by atoms with Gasteiger partial charge < -0.3 is 14.6 Å². The Kier molecular flexibility index (Phi) is 5.00. The van der Waals surface area contributed by atoms with Gasteiger partial charge in [0.1, 0.15) is 0 Å². The molecular formula is C17H30O3. The van der Waals surface area contributed by atoms with E-state index in [1.54, 1.807) is 0 Å². The summed E-state index contributed by atoms with van der Waals surface area (Å²) in [6, 6.07) is 0. The number of hydrogen-bond donors (Lipinski definition) is 1. The maximum Gasteiger partial charge on any atom is 0.0730 e. The summed E-state index contributed by atoms with van der Waals surface area (Å²) in [7, 11) is 0. The molecule has 0 amide bonds. The monoisotopic (exact) mass is 282 g/mol. The van der Waals surface area contributed by atoms with Crippen molar-refractivity contribution < 1.29 is 14.6 Å². The van der Waals surface area contributed by atoms with E-state index < -0.39 is 0 Å². The third-order valence-electron chi connectivity index (χ3n) is 5.80. The molecule has 3 aliphatic rings. The third kappa shape index (κ3) is 3.37. The van der Waals surface area contributed by atoms with Gasteiger partial charge in [-0.3, -0.25) is 0 Å². The zero-order chi connectivity index (χ0) is 13.8. The molecule has 1 spiro atoms.